The number of anilines is 5. The standard InChI is InChI=1S/C17H15ClN6O/c1-11(25)20-12-5-4-6-13(9-12)21-17-23-16(10-19-24-17)22-15-8-3-2-7-14(15)18/h2-10H,1H3,(H,20,25)(H2,21,22,23,24). The lowest BCUT2D eigenvalue weighted by atomic mass is 10.3. The molecule has 1 amide bonds. The SMILES string of the molecule is CC(=O)Nc1cccc(Nc2nncc(Nc3ccccc3Cl)n2)c1. The van der Waals surface area contributed by atoms with Gasteiger partial charge in [-0.1, -0.05) is 29.8 Å². The number of nitrogens with zero attached hydrogens (tertiary/aromatic N) is 3. The zero-order valence-corrected chi connectivity index (χ0v) is 14.1. The van der Waals surface area contributed by atoms with Gasteiger partial charge in [0.2, 0.25) is 11.9 Å². The molecule has 1 heterocycles. The number of hydrogen-bond donors (Lipinski definition) is 3. The predicted octanol–water partition coefficient (Wildman–Crippen LogP) is 3.97. The van der Waals surface area contributed by atoms with Crippen molar-refractivity contribution in [3.05, 3.63) is 59.8 Å². The van der Waals surface area contributed by atoms with Gasteiger partial charge in [0.25, 0.3) is 0 Å². The summed E-state index contributed by atoms with van der Waals surface area (Å²) in [5.41, 5.74) is 2.13. The minimum absolute atomic E-state index is 0.138. The van der Waals surface area contributed by atoms with Gasteiger partial charge < -0.3 is 16.0 Å². The number of aromatic nitrogens is 3. The van der Waals surface area contributed by atoms with Gasteiger partial charge in [0.15, 0.2) is 5.82 Å². The molecule has 0 saturated carbocycles. The monoisotopic (exact) mass is 354 g/mol. The Morgan fingerprint density at radius 3 is 2.64 bits per heavy atom. The summed E-state index contributed by atoms with van der Waals surface area (Å²) in [6.45, 7) is 1.46. The van der Waals surface area contributed by atoms with Crippen LogP contribution in [0.4, 0.5) is 28.8 Å². The van der Waals surface area contributed by atoms with Crippen LogP contribution in [0.5, 0.6) is 0 Å². The molecule has 0 saturated heterocycles. The summed E-state index contributed by atoms with van der Waals surface area (Å²) in [6.07, 6.45) is 1.50. The highest BCUT2D eigenvalue weighted by Gasteiger charge is 2.05. The summed E-state index contributed by atoms with van der Waals surface area (Å²) in [7, 11) is 0. The maximum Gasteiger partial charge on any atom is 0.249 e. The fraction of sp³-hybridized carbons (Fsp3) is 0.0588. The average molecular weight is 355 g/mol. The van der Waals surface area contributed by atoms with Gasteiger partial charge in [-0.15, -0.1) is 5.10 Å². The Hall–Kier alpha value is -3.19. The highest BCUT2D eigenvalue weighted by Crippen LogP contribution is 2.24. The van der Waals surface area contributed by atoms with E-state index in [-0.39, 0.29) is 5.91 Å². The van der Waals surface area contributed by atoms with Crippen LogP contribution >= 0.6 is 11.6 Å². The smallest absolute Gasteiger partial charge is 0.249 e. The molecule has 7 nitrogen and oxygen atoms in total. The second-order valence-electron chi connectivity index (χ2n) is 5.16. The molecule has 0 spiro atoms. The number of benzene rings is 2. The van der Waals surface area contributed by atoms with Crippen molar-refractivity contribution in [2.45, 2.75) is 6.92 Å². The third-order valence-electron chi connectivity index (χ3n) is 3.13. The number of amides is 1. The van der Waals surface area contributed by atoms with Crippen LogP contribution in [0.1, 0.15) is 6.92 Å². The number of hydrogen-bond acceptors (Lipinski definition) is 6. The van der Waals surface area contributed by atoms with E-state index in [9.17, 15) is 4.79 Å². The molecular formula is C17H15ClN6O. The van der Waals surface area contributed by atoms with Crippen molar-refractivity contribution in [3.63, 3.8) is 0 Å². The summed E-state index contributed by atoms with van der Waals surface area (Å²) in [5, 5.41) is 17.3. The number of carbonyl (C=O) groups is 1. The van der Waals surface area contributed by atoms with Crippen LogP contribution in [0.25, 0.3) is 0 Å². The quantitative estimate of drug-likeness (QED) is 0.642. The minimum atomic E-state index is -0.138. The van der Waals surface area contributed by atoms with E-state index in [2.05, 4.69) is 31.1 Å². The van der Waals surface area contributed by atoms with Gasteiger partial charge in [-0.3, -0.25) is 4.79 Å². The van der Waals surface area contributed by atoms with E-state index < -0.39 is 0 Å². The molecule has 3 N–H and O–H groups in total. The molecule has 0 aliphatic heterocycles. The van der Waals surface area contributed by atoms with Gasteiger partial charge in [0, 0.05) is 18.3 Å². The summed E-state index contributed by atoms with van der Waals surface area (Å²) >= 11 is 6.13. The van der Waals surface area contributed by atoms with Gasteiger partial charge in [0.1, 0.15) is 0 Å². The molecule has 0 aliphatic carbocycles. The predicted molar refractivity (Wildman–Crippen MR) is 98.6 cm³/mol. The van der Waals surface area contributed by atoms with Crippen LogP contribution in [0, 0.1) is 0 Å². The maximum absolute atomic E-state index is 11.1. The van der Waals surface area contributed by atoms with Crippen LogP contribution in [0.15, 0.2) is 54.7 Å². The Kier molecular flexibility index (Phi) is 5.06. The van der Waals surface area contributed by atoms with E-state index in [4.69, 9.17) is 11.6 Å². The molecule has 3 aromatic rings. The third-order valence-corrected chi connectivity index (χ3v) is 3.46. The molecule has 0 aliphatic rings. The summed E-state index contributed by atoms with van der Waals surface area (Å²) in [6, 6.07) is 14.6. The van der Waals surface area contributed by atoms with E-state index >= 15 is 0 Å². The first-order valence-electron chi connectivity index (χ1n) is 7.46. The number of carbonyl (C=O) groups excluding carboxylic acids is 1. The largest absolute Gasteiger partial charge is 0.338 e. The van der Waals surface area contributed by atoms with E-state index in [0.29, 0.717) is 22.5 Å². The average Bonchev–Trinajstić information content (AvgIpc) is 2.57. The zero-order valence-electron chi connectivity index (χ0n) is 13.3. The number of para-hydroxylation sites is 1. The van der Waals surface area contributed by atoms with Crippen molar-refractivity contribution in [2.75, 3.05) is 16.0 Å². The Labute approximate surface area is 149 Å². The highest BCUT2D eigenvalue weighted by atomic mass is 35.5. The Bertz CT molecular complexity index is 902. The topological polar surface area (TPSA) is 91.8 Å². The van der Waals surface area contributed by atoms with Gasteiger partial charge in [0.05, 0.1) is 16.9 Å². The highest BCUT2D eigenvalue weighted by molar-refractivity contribution is 6.33. The van der Waals surface area contributed by atoms with E-state index in [1.807, 2.05) is 30.3 Å². The van der Waals surface area contributed by atoms with Gasteiger partial charge in [-0.25, -0.2) is 0 Å². The van der Waals surface area contributed by atoms with Crippen LogP contribution in [-0.2, 0) is 4.79 Å². The molecule has 126 valence electrons. The first-order valence-corrected chi connectivity index (χ1v) is 7.84. The van der Waals surface area contributed by atoms with E-state index in [1.54, 1.807) is 18.2 Å². The first kappa shape index (κ1) is 16.7. The van der Waals surface area contributed by atoms with Gasteiger partial charge in [-0.2, -0.15) is 10.1 Å². The molecule has 2 aromatic carbocycles. The molecule has 0 unspecified atom stereocenters. The molecule has 0 radical (unpaired) electrons. The number of rotatable bonds is 5. The number of halogens is 1. The molecule has 0 bridgehead atoms. The van der Waals surface area contributed by atoms with Crippen molar-refractivity contribution in [2.24, 2.45) is 0 Å². The normalized spacial score (nSPS) is 10.2. The summed E-state index contributed by atoms with van der Waals surface area (Å²) in [5.74, 6) is 0.682. The molecule has 8 heteroatoms. The van der Waals surface area contributed by atoms with Crippen LogP contribution in [0.2, 0.25) is 5.02 Å². The van der Waals surface area contributed by atoms with Crippen LogP contribution < -0.4 is 16.0 Å². The molecule has 1 aromatic heterocycles. The van der Waals surface area contributed by atoms with Gasteiger partial charge >= 0.3 is 0 Å². The molecule has 25 heavy (non-hydrogen) atoms. The van der Waals surface area contributed by atoms with Crippen molar-refractivity contribution in [1.82, 2.24) is 15.2 Å². The van der Waals surface area contributed by atoms with Crippen molar-refractivity contribution < 1.29 is 4.79 Å². The summed E-state index contributed by atoms with van der Waals surface area (Å²) < 4.78 is 0. The van der Waals surface area contributed by atoms with E-state index in [0.717, 1.165) is 11.4 Å². The van der Waals surface area contributed by atoms with Crippen LogP contribution in [-0.4, -0.2) is 21.1 Å². The lowest BCUT2D eigenvalue weighted by molar-refractivity contribution is -0.114. The maximum atomic E-state index is 11.1. The second kappa shape index (κ2) is 7.59. The van der Waals surface area contributed by atoms with Crippen molar-refractivity contribution in [1.29, 1.82) is 0 Å². The Balaban J connectivity index is 1.76. The molecule has 3 rings (SSSR count). The molecule has 0 atom stereocenters. The zero-order chi connectivity index (χ0) is 17.6. The summed E-state index contributed by atoms with van der Waals surface area (Å²) in [4.78, 5) is 15.5. The molecular weight excluding hydrogens is 340 g/mol. The third kappa shape index (κ3) is 4.65. The van der Waals surface area contributed by atoms with Gasteiger partial charge in [-0.05, 0) is 30.3 Å². The van der Waals surface area contributed by atoms with Crippen molar-refractivity contribution >= 4 is 46.3 Å². The first-order chi connectivity index (χ1) is 12.1. The lowest BCUT2D eigenvalue weighted by Crippen LogP contribution is -2.06. The second-order valence-corrected chi connectivity index (χ2v) is 5.56. The number of nitrogens with one attached hydrogen (secondary N) is 3. The molecule has 0 fully saturated rings. The Morgan fingerprint density at radius 2 is 1.84 bits per heavy atom. The van der Waals surface area contributed by atoms with Crippen molar-refractivity contribution in [3.8, 4) is 0 Å². The minimum Gasteiger partial charge on any atom is -0.338 e. The lowest BCUT2D eigenvalue weighted by Gasteiger charge is -2.09. The van der Waals surface area contributed by atoms with E-state index in [1.165, 1.54) is 13.1 Å². The fourth-order valence-corrected chi connectivity index (χ4v) is 2.31. The Morgan fingerprint density at radius 1 is 1.04 bits per heavy atom. The van der Waals surface area contributed by atoms with Crippen LogP contribution in [0.3, 0.4) is 0 Å². The fourth-order valence-electron chi connectivity index (χ4n) is 2.12.